The number of rotatable bonds is 5. The fourth-order valence-corrected chi connectivity index (χ4v) is 3.84. The molecule has 9 heteroatoms. The maximum absolute atomic E-state index is 10.7. The molecule has 0 N–H and O–H groups in total. The molecule has 3 rings (SSSR count). The van der Waals surface area contributed by atoms with Crippen LogP contribution in [0, 0.1) is 17.0 Å². The summed E-state index contributed by atoms with van der Waals surface area (Å²) in [5.74, 6) is 0.842. The van der Waals surface area contributed by atoms with Gasteiger partial charge in [-0.05, 0) is 26.0 Å². The van der Waals surface area contributed by atoms with Crippen molar-refractivity contribution in [3.8, 4) is 11.5 Å². The zero-order chi connectivity index (χ0) is 16.4. The van der Waals surface area contributed by atoms with E-state index in [1.54, 1.807) is 35.2 Å². The zero-order valence-electron chi connectivity index (χ0n) is 12.3. The molecule has 0 radical (unpaired) electrons. The second kappa shape index (κ2) is 6.47. The average molecular weight is 348 g/mol. The van der Waals surface area contributed by atoms with Gasteiger partial charge in [0.15, 0.2) is 4.34 Å². The highest BCUT2D eigenvalue weighted by atomic mass is 32.2. The zero-order valence-corrected chi connectivity index (χ0v) is 13.9. The average Bonchev–Trinajstić information content (AvgIpc) is 3.16. The predicted molar refractivity (Wildman–Crippen MR) is 87.5 cm³/mol. The number of nitro benzene ring substituents is 1. The topological polar surface area (TPSA) is 95.0 Å². The SMILES string of the molecule is Cc1csc(SC(C)c2nnc(-c3ccc([N+](=O)[O-])cc3)o2)n1. The Kier molecular flexibility index (Phi) is 4.39. The maximum atomic E-state index is 10.7. The fraction of sp³-hybridized carbons (Fsp3) is 0.214. The monoisotopic (exact) mass is 348 g/mol. The van der Waals surface area contributed by atoms with Crippen LogP contribution in [0.2, 0.25) is 0 Å². The van der Waals surface area contributed by atoms with Crippen LogP contribution in [0.5, 0.6) is 0 Å². The van der Waals surface area contributed by atoms with Gasteiger partial charge in [0, 0.05) is 28.8 Å². The molecule has 0 aliphatic carbocycles. The molecule has 2 aromatic heterocycles. The lowest BCUT2D eigenvalue weighted by Crippen LogP contribution is -1.88. The molecule has 0 aliphatic heterocycles. The molecule has 1 unspecified atom stereocenters. The Hall–Kier alpha value is -2.26. The highest BCUT2D eigenvalue weighted by molar-refractivity contribution is 8.01. The summed E-state index contributed by atoms with van der Waals surface area (Å²) in [5, 5.41) is 20.7. The summed E-state index contributed by atoms with van der Waals surface area (Å²) < 4.78 is 6.62. The first-order chi connectivity index (χ1) is 11.0. The Labute approximate surface area is 139 Å². The van der Waals surface area contributed by atoms with Gasteiger partial charge in [-0.25, -0.2) is 4.98 Å². The van der Waals surface area contributed by atoms with E-state index in [4.69, 9.17) is 4.42 Å². The molecule has 0 fully saturated rings. The number of aryl methyl sites for hydroxylation is 1. The third-order valence-electron chi connectivity index (χ3n) is 2.99. The first kappa shape index (κ1) is 15.6. The maximum Gasteiger partial charge on any atom is 0.269 e. The van der Waals surface area contributed by atoms with Crippen LogP contribution in [0.1, 0.15) is 23.8 Å². The summed E-state index contributed by atoms with van der Waals surface area (Å²) in [5.41, 5.74) is 1.66. The smallest absolute Gasteiger partial charge is 0.269 e. The van der Waals surface area contributed by atoms with Crippen molar-refractivity contribution in [2.75, 3.05) is 0 Å². The number of thioether (sulfide) groups is 1. The lowest BCUT2D eigenvalue weighted by molar-refractivity contribution is -0.384. The number of thiazole rings is 1. The van der Waals surface area contributed by atoms with E-state index in [2.05, 4.69) is 15.2 Å². The molecule has 0 bridgehead atoms. The van der Waals surface area contributed by atoms with Crippen molar-refractivity contribution in [2.24, 2.45) is 0 Å². The van der Waals surface area contributed by atoms with E-state index in [0.29, 0.717) is 17.3 Å². The third-order valence-corrected chi connectivity index (χ3v) is 5.17. The molecule has 1 aromatic carbocycles. The summed E-state index contributed by atoms with van der Waals surface area (Å²) in [7, 11) is 0. The second-order valence-electron chi connectivity index (χ2n) is 4.76. The van der Waals surface area contributed by atoms with Crippen LogP contribution in [0.3, 0.4) is 0 Å². The van der Waals surface area contributed by atoms with Crippen LogP contribution in [-0.2, 0) is 0 Å². The molecular formula is C14H12N4O3S2. The van der Waals surface area contributed by atoms with Gasteiger partial charge in [-0.1, -0.05) is 11.8 Å². The third kappa shape index (κ3) is 3.57. The summed E-state index contributed by atoms with van der Waals surface area (Å²) in [4.78, 5) is 14.6. The Balaban J connectivity index is 1.75. The molecule has 1 atom stereocenters. The van der Waals surface area contributed by atoms with Gasteiger partial charge < -0.3 is 4.42 Å². The van der Waals surface area contributed by atoms with Gasteiger partial charge >= 0.3 is 0 Å². The molecule has 0 spiro atoms. The molecule has 2 heterocycles. The largest absolute Gasteiger partial charge is 0.419 e. The molecule has 0 amide bonds. The highest BCUT2D eigenvalue weighted by Crippen LogP contribution is 2.36. The number of hydrogen-bond donors (Lipinski definition) is 0. The lowest BCUT2D eigenvalue weighted by atomic mass is 10.2. The second-order valence-corrected chi connectivity index (χ2v) is 7.21. The first-order valence-corrected chi connectivity index (χ1v) is 8.46. The summed E-state index contributed by atoms with van der Waals surface area (Å²) in [6, 6.07) is 6.01. The molecule has 3 aromatic rings. The van der Waals surface area contributed by atoms with Crippen LogP contribution < -0.4 is 0 Å². The summed E-state index contributed by atoms with van der Waals surface area (Å²) >= 11 is 3.13. The Morgan fingerprint density at radius 3 is 2.65 bits per heavy atom. The number of nitro groups is 1. The highest BCUT2D eigenvalue weighted by Gasteiger charge is 2.18. The molecule has 0 aliphatic rings. The van der Waals surface area contributed by atoms with E-state index in [-0.39, 0.29) is 10.9 Å². The van der Waals surface area contributed by atoms with Crippen molar-refractivity contribution < 1.29 is 9.34 Å². The molecular weight excluding hydrogens is 336 g/mol. The van der Waals surface area contributed by atoms with E-state index >= 15 is 0 Å². The van der Waals surface area contributed by atoms with Gasteiger partial charge in [0.1, 0.15) is 0 Å². The Bertz CT molecular complexity index is 829. The van der Waals surface area contributed by atoms with Crippen LogP contribution in [0.15, 0.2) is 38.4 Å². The lowest BCUT2D eigenvalue weighted by Gasteiger charge is -2.02. The number of hydrogen-bond acceptors (Lipinski definition) is 8. The van der Waals surface area contributed by atoms with E-state index in [0.717, 1.165) is 10.0 Å². The van der Waals surface area contributed by atoms with E-state index in [9.17, 15) is 10.1 Å². The van der Waals surface area contributed by atoms with E-state index in [1.165, 1.54) is 12.1 Å². The van der Waals surface area contributed by atoms with Gasteiger partial charge in [-0.2, -0.15) is 0 Å². The molecule has 118 valence electrons. The van der Waals surface area contributed by atoms with Crippen molar-refractivity contribution in [3.63, 3.8) is 0 Å². The van der Waals surface area contributed by atoms with Crippen molar-refractivity contribution in [1.82, 2.24) is 15.2 Å². The van der Waals surface area contributed by atoms with E-state index < -0.39 is 4.92 Å². The minimum Gasteiger partial charge on any atom is -0.419 e. The molecule has 23 heavy (non-hydrogen) atoms. The molecule has 0 saturated heterocycles. The standard InChI is InChI=1S/C14H12N4O3S2/c1-8-7-22-14(15-8)23-9(2)12-16-17-13(21-12)10-3-5-11(6-4-10)18(19)20/h3-7,9H,1-2H3. The summed E-state index contributed by atoms with van der Waals surface area (Å²) in [6.45, 7) is 3.92. The van der Waals surface area contributed by atoms with Crippen molar-refractivity contribution in [2.45, 2.75) is 23.4 Å². The van der Waals surface area contributed by atoms with Crippen molar-refractivity contribution >= 4 is 28.8 Å². The number of nitrogens with zero attached hydrogens (tertiary/aromatic N) is 4. The Morgan fingerprint density at radius 2 is 2.04 bits per heavy atom. The van der Waals surface area contributed by atoms with Crippen LogP contribution in [0.25, 0.3) is 11.5 Å². The van der Waals surface area contributed by atoms with Gasteiger partial charge in [-0.15, -0.1) is 21.5 Å². The van der Waals surface area contributed by atoms with E-state index in [1.807, 2.05) is 19.2 Å². The van der Waals surface area contributed by atoms with Crippen LogP contribution in [-0.4, -0.2) is 20.1 Å². The predicted octanol–water partition coefficient (Wildman–Crippen LogP) is 4.26. The van der Waals surface area contributed by atoms with Crippen molar-refractivity contribution in [1.29, 1.82) is 0 Å². The fourth-order valence-electron chi connectivity index (χ4n) is 1.83. The van der Waals surface area contributed by atoms with Gasteiger partial charge in [0.25, 0.3) is 5.69 Å². The minimum atomic E-state index is -0.447. The normalized spacial score (nSPS) is 12.3. The van der Waals surface area contributed by atoms with Gasteiger partial charge in [0.2, 0.25) is 11.8 Å². The minimum absolute atomic E-state index is 0.0246. The van der Waals surface area contributed by atoms with Crippen LogP contribution >= 0.6 is 23.1 Å². The van der Waals surface area contributed by atoms with Crippen LogP contribution in [0.4, 0.5) is 5.69 Å². The molecule has 0 saturated carbocycles. The first-order valence-electron chi connectivity index (χ1n) is 6.70. The van der Waals surface area contributed by atoms with Crippen molar-refractivity contribution in [3.05, 3.63) is 51.3 Å². The number of aromatic nitrogens is 3. The number of benzene rings is 1. The van der Waals surface area contributed by atoms with Gasteiger partial charge in [0.05, 0.1) is 10.2 Å². The quantitative estimate of drug-likeness (QED) is 0.386. The number of non-ortho nitro benzene ring substituents is 1. The summed E-state index contributed by atoms with van der Waals surface area (Å²) in [6.07, 6.45) is 0. The molecule has 7 nitrogen and oxygen atoms in total. The van der Waals surface area contributed by atoms with Gasteiger partial charge in [-0.3, -0.25) is 10.1 Å². The Morgan fingerprint density at radius 1 is 1.30 bits per heavy atom.